The molecule has 4 N–H and O–H groups in total. The van der Waals surface area contributed by atoms with Crippen LogP contribution in [-0.2, 0) is 10.8 Å². The van der Waals surface area contributed by atoms with E-state index in [0.29, 0.717) is 11.4 Å². The summed E-state index contributed by atoms with van der Waals surface area (Å²) in [7, 11) is 0. The quantitative estimate of drug-likeness (QED) is 0.187. The molecule has 5 aromatic carbocycles. The molecule has 0 fully saturated rings. The number of nitrogens with two attached hydrogens (primary N) is 2. The van der Waals surface area contributed by atoms with E-state index in [1.54, 1.807) is 0 Å². The molecule has 0 heterocycles. The van der Waals surface area contributed by atoms with Crippen LogP contribution in [0.3, 0.4) is 0 Å². The van der Waals surface area contributed by atoms with Crippen LogP contribution in [0.4, 0.5) is 11.4 Å². The van der Waals surface area contributed by atoms with E-state index in [9.17, 15) is 0 Å². The summed E-state index contributed by atoms with van der Waals surface area (Å²) in [5.41, 5.74) is 20.0. The van der Waals surface area contributed by atoms with Crippen LogP contribution in [0.2, 0.25) is 0 Å². The van der Waals surface area contributed by atoms with Gasteiger partial charge >= 0.3 is 0 Å². The lowest BCUT2D eigenvalue weighted by Gasteiger charge is -2.30. The summed E-state index contributed by atoms with van der Waals surface area (Å²) in [6, 6.07) is 36.9. The van der Waals surface area contributed by atoms with E-state index in [0.717, 1.165) is 34.1 Å². The minimum Gasteiger partial charge on any atom is -0.457 e. The van der Waals surface area contributed by atoms with Crippen LogP contribution in [0.1, 0.15) is 61.1 Å². The summed E-state index contributed by atoms with van der Waals surface area (Å²) in [6.07, 6.45) is 0. The fraction of sp³-hybridized carbons (Fsp3) is 0.211. The van der Waals surface area contributed by atoms with E-state index >= 15 is 0 Å². The number of anilines is 2. The van der Waals surface area contributed by atoms with Crippen LogP contribution >= 0.6 is 0 Å². The van der Waals surface area contributed by atoms with Crippen LogP contribution in [0, 0.1) is 13.8 Å². The van der Waals surface area contributed by atoms with Crippen LogP contribution in [0.5, 0.6) is 23.0 Å². The molecule has 0 bridgehead atoms. The second-order valence-corrected chi connectivity index (χ2v) is 12.1. The minimum absolute atomic E-state index is 0.181. The SMILES string of the molecule is Cc1cc(C(C)(C)c2ccc(C(C)(C)c3ccc(Oc4cccc(N)c4)c(C)c3)cc2)ccc1Oc1cccc(N)c1. The standard InChI is InChI=1S/C38H40N2O2/c1-25-21-29(17-19-35(25)41-33-11-7-9-31(39)23-33)37(3,4)27-13-15-28(16-14-27)38(5,6)30-18-20-36(26(2)22-30)42-34-12-8-10-32(40)24-34/h7-24H,39-40H2,1-6H3. The van der Waals surface area contributed by atoms with Gasteiger partial charge in [0.05, 0.1) is 0 Å². The minimum atomic E-state index is -0.181. The zero-order chi connectivity index (χ0) is 30.1. The van der Waals surface area contributed by atoms with Crippen molar-refractivity contribution in [1.29, 1.82) is 0 Å². The Bertz CT molecular complexity index is 1590. The van der Waals surface area contributed by atoms with Gasteiger partial charge in [-0.1, -0.05) is 88.4 Å². The zero-order valence-electron chi connectivity index (χ0n) is 25.4. The summed E-state index contributed by atoms with van der Waals surface area (Å²) in [6.45, 7) is 13.2. The number of hydrogen-bond donors (Lipinski definition) is 2. The Labute approximate surface area is 249 Å². The van der Waals surface area contributed by atoms with Gasteiger partial charge in [0.15, 0.2) is 0 Å². The van der Waals surface area contributed by atoms with E-state index < -0.39 is 0 Å². The molecule has 0 aromatic heterocycles. The van der Waals surface area contributed by atoms with E-state index in [1.165, 1.54) is 22.3 Å². The molecule has 0 aliphatic carbocycles. The van der Waals surface area contributed by atoms with Gasteiger partial charge < -0.3 is 20.9 Å². The van der Waals surface area contributed by atoms with Gasteiger partial charge in [-0.3, -0.25) is 0 Å². The molecule has 42 heavy (non-hydrogen) atoms. The number of hydrogen-bond acceptors (Lipinski definition) is 4. The van der Waals surface area contributed by atoms with Crippen molar-refractivity contribution in [3.8, 4) is 23.0 Å². The highest BCUT2D eigenvalue weighted by Gasteiger charge is 2.27. The Balaban J connectivity index is 1.34. The lowest BCUT2D eigenvalue weighted by molar-refractivity contribution is 0.478. The molecular weight excluding hydrogens is 516 g/mol. The van der Waals surface area contributed by atoms with E-state index in [1.807, 2.05) is 48.5 Å². The second-order valence-electron chi connectivity index (χ2n) is 12.1. The van der Waals surface area contributed by atoms with Crippen molar-refractivity contribution in [2.45, 2.75) is 52.4 Å². The Hall–Kier alpha value is -4.70. The van der Waals surface area contributed by atoms with E-state index in [2.05, 4.69) is 102 Å². The number of nitrogen functional groups attached to an aromatic ring is 2. The third-order valence-corrected chi connectivity index (χ3v) is 8.29. The molecule has 5 rings (SSSR count). The van der Waals surface area contributed by atoms with Crippen LogP contribution < -0.4 is 20.9 Å². The number of benzene rings is 5. The van der Waals surface area contributed by atoms with Gasteiger partial charge in [-0.05, 0) is 83.6 Å². The van der Waals surface area contributed by atoms with E-state index in [-0.39, 0.29) is 10.8 Å². The van der Waals surface area contributed by atoms with Gasteiger partial charge in [0, 0.05) is 34.3 Å². The van der Waals surface area contributed by atoms with Gasteiger partial charge in [0.1, 0.15) is 23.0 Å². The topological polar surface area (TPSA) is 70.5 Å². The first-order valence-corrected chi connectivity index (χ1v) is 14.3. The number of rotatable bonds is 8. The van der Waals surface area contributed by atoms with Crippen LogP contribution in [0.15, 0.2) is 109 Å². The fourth-order valence-electron chi connectivity index (χ4n) is 5.35. The highest BCUT2D eigenvalue weighted by Crippen LogP contribution is 2.39. The lowest BCUT2D eigenvalue weighted by atomic mass is 9.74. The smallest absolute Gasteiger partial charge is 0.130 e. The Morgan fingerprint density at radius 3 is 1.14 bits per heavy atom. The highest BCUT2D eigenvalue weighted by atomic mass is 16.5. The molecule has 0 unspecified atom stereocenters. The monoisotopic (exact) mass is 556 g/mol. The third-order valence-electron chi connectivity index (χ3n) is 8.29. The first kappa shape index (κ1) is 28.8. The summed E-state index contributed by atoms with van der Waals surface area (Å²) in [5.74, 6) is 3.14. The first-order valence-electron chi connectivity index (χ1n) is 14.3. The fourth-order valence-corrected chi connectivity index (χ4v) is 5.35. The Morgan fingerprint density at radius 1 is 0.452 bits per heavy atom. The largest absolute Gasteiger partial charge is 0.457 e. The maximum Gasteiger partial charge on any atom is 0.130 e. The van der Waals surface area contributed by atoms with Crippen molar-refractivity contribution in [3.63, 3.8) is 0 Å². The number of ether oxygens (including phenoxy) is 2. The maximum absolute atomic E-state index is 6.12. The van der Waals surface area contributed by atoms with Crippen molar-refractivity contribution in [3.05, 3.63) is 143 Å². The molecule has 0 amide bonds. The summed E-state index contributed by atoms with van der Waals surface area (Å²) < 4.78 is 12.2. The lowest BCUT2D eigenvalue weighted by Crippen LogP contribution is -2.21. The van der Waals surface area contributed by atoms with Gasteiger partial charge in [-0.2, -0.15) is 0 Å². The average molecular weight is 557 g/mol. The Kier molecular flexibility index (Phi) is 7.74. The van der Waals surface area contributed by atoms with Crippen molar-refractivity contribution in [2.24, 2.45) is 0 Å². The van der Waals surface area contributed by atoms with Gasteiger partial charge in [0.2, 0.25) is 0 Å². The zero-order valence-corrected chi connectivity index (χ0v) is 25.4. The maximum atomic E-state index is 6.12. The molecule has 0 atom stereocenters. The van der Waals surface area contributed by atoms with Crippen LogP contribution in [-0.4, -0.2) is 0 Å². The van der Waals surface area contributed by atoms with Gasteiger partial charge in [-0.15, -0.1) is 0 Å². The summed E-state index contributed by atoms with van der Waals surface area (Å²) in [5, 5.41) is 0. The molecule has 4 heteroatoms. The van der Waals surface area contributed by atoms with Crippen molar-refractivity contribution < 1.29 is 9.47 Å². The van der Waals surface area contributed by atoms with E-state index in [4.69, 9.17) is 20.9 Å². The first-order chi connectivity index (χ1) is 19.9. The summed E-state index contributed by atoms with van der Waals surface area (Å²) in [4.78, 5) is 0. The molecular formula is C38H40N2O2. The van der Waals surface area contributed by atoms with Gasteiger partial charge in [0.25, 0.3) is 0 Å². The molecule has 0 saturated heterocycles. The third kappa shape index (κ3) is 5.99. The molecule has 0 aliphatic heterocycles. The molecule has 0 spiro atoms. The van der Waals surface area contributed by atoms with Crippen molar-refractivity contribution in [2.75, 3.05) is 11.5 Å². The molecule has 4 nitrogen and oxygen atoms in total. The van der Waals surface area contributed by atoms with Crippen molar-refractivity contribution >= 4 is 11.4 Å². The summed E-state index contributed by atoms with van der Waals surface area (Å²) >= 11 is 0. The second kappa shape index (κ2) is 11.3. The molecule has 0 aliphatic rings. The number of aryl methyl sites for hydroxylation is 2. The van der Waals surface area contributed by atoms with Crippen molar-refractivity contribution in [1.82, 2.24) is 0 Å². The average Bonchev–Trinajstić information content (AvgIpc) is 2.95. The van der Waals surface area contributed by atoms with Crippen LogP contribution in [0.25, 0.3) is 0 Å². The Morgan fingerprint density at radius 2 is 0.810 bits per heavy atom. The predicted octanol–water partition coefficient (Wildman–Crippen LogP) is 9.70. The molecule has 0 saturated carbocycles. The molecule has 0 radical (unpaired) electrons. The molecule has 5 aromatic rings. The van der Waals surface area contributed by atoms with Gasteiger partial charge in [-0.25, -0.2) is 0 Å². The molecule has 214 valence electrons. The predicted molar refractivity (Wildman–Crippen MR) is 175 cm³/mol. The highest BCUT2D eigenvalue weighted by molar-refractivity contribution is 5.51. The normalized spacial score (nSPS) is 11.8.